The van der Waals surface area contributed by atoms with Gasteiger partial charge in [0.2, 0.25) is 0 Å². The molecule has 0 saturated heterocycles. The van der Waals surface area contributed by atoms with Gasteiger partial charge in [0.1, 0.15) is 0 Å². The van der Waals surface area contributed by atoms with E-state index in [1.165, 1.54) is 16.6 Å². The van der Waals surface area contributed by atoms with Crippen molar-refractivity contribution in [3.05, 3.63) is 54.2 Å². The number of para-hydroxylation sites is 1. The minimum absolute atomic E-state index is 0.676. The molecular formula is C22H26N4O2. The second-order valence-corrected chi connectivity index (χ2v) is 6.73. The molecule has 1 aliphatic rings. The van der Waals surface area contributed by atoms with Gasteiger partial charge in [-0.05, 0) is 36.6 Å². The van der Waals surface area contributed by atoms with Gasteiger partial charge in [0, 0.05) is 48.9 Å². The summed E-state index contributed by atoms with van der Waals surface area (Å²) in [4.78, 5) is 8.16. The molecule has 3 aromatic rings. The summed E-state index contributed by atoms with van der Waals surface area (Å²) in [5.74, 6) is 2.33. The van der Waals surface area contributed by atoms with Crippen LogP contribution in [0.2, 0.25) is 0 Å². The Morgan fingerprint density at radius 1 is 1.07 bits per heavy atom. The number of nitrogens with one attached hydrogen (secondary N) is 3. The molecular weight excluding hydrogens is 352 g/mol. The molecule has 0 bridgehead atoms. The average Bonchev–Trinajstić information content (AvgIpc) is 2.97. The number of aromatic nitrogens is 1. The van der Waals surface area contributed by atoms with E-state index in [2.05, 4.69) is 46.8 Å². The van der Waals surface area contributed by atoms with Gasteiger partial charge in [0.25, 0.3) is 0 Å². The lowest BCUT2D eigenvalue weighted by atomic mass is 10.2. The average molecular weight is 378 g/mol. The smallest absolute Gasteiger partial charge is 0.195 e. The lowest BCUT2D eigenvalue weighted by Crippen LogP contribution is -2.30. The van der Waals surface area contributed by atoms with Crippen LogP contribution in [0.5, 0.6) is 11.5 Å². The monoisotopic (exact) mass is 378 g/mol. The SMILES string of the molecule is CCNC(=NCCc1cc2ccccc2[nH]1)Nc1ccc2c(c1)OCCCO2. The van der Waals surface area contributed by atoms with Crippen molar-refractivity contribution in [2.45, 2.75) is 19.8 Å². The highest BCUT2D eigenvalue weighted by Gasteiger charge is 2.11. The molecule has 146 valence electrons. The van der Waals surface area contributed by atoms with Crippen LogP contribution in [-0.4, -0.2) is 37.2 Å². The maximum Gasteiger partial charge on any atom is 0.195 e. The van der Waals surface area contributed by atoms with Crippen LogP contribution in [0.4, 0.5) is 5.69 Å². The summed E-state index contributed by atoms with van der Waals surface area (Å²) < 4.78 is 11.5. The van der Waals surface area contributed by atoms with E-state index in [4.69, 9.17) is 14.5 Å². The van der Waals surface area contributed by atoms with Crippen molar-refractivity contribution in [2.24, 2.45) is 4.99 Å². The summed E-state index contributed by atoms with van der Waals surface area (Å²) in [5.41, 5.74) is 3.28. The van der Waals surface area contributed by atoms with Crippen molar-refractivity contribution in [2.75, 3.05) is 31.6 Å². The number of ether oxygens (including phenoxy) is 2. The Bertz CT molecular complexity index is 931. The van der Waals surface area contributed by atoms with Gasteiger partial charge in [0.05, 0.1) is 13.2 Å². The normalized spacial score (nSPS) is 14.0. The third kappa shape index (κ3) is 4.39. The Morgan fingerprint density at radius 3 is 2.79 bits per heavy atom. The molecule has 0 amide bonds. The maximum atomic E-state index is 5.77. The van der Waals surface area contributed by atoms with Crippen molar-refractivity contribution in [1.82, 2.24) is 10.3 Å². The Kier molecular flexibility index (Phi) is 5.66. The van der Waals surface area contributed by atoms with E-state index in [0.29, 0.717) is 19.8 Å². The molecule has 28 heavy (non-hydrogen) atoms. The van der Waals surface area contributed by atoms with Gasteiger partial charge in [-0.25, -0.2) is 0 Å². The number of fused-ring (bicyclic) bond motifs is 2. The molecule has 0 aliphatic carbocycles. The predicted octanol–water partition coefficient (Wildman–Crippen LogP) is 3.95. The van der Waals surface area contributed by atoms with E-state index < -0.39 is 0 Å². The summed E-state index contributed by atoms with van der Waals surface area (Å²) in [6.45, 7) is 4.91. The molecule has 6 nitrogen and oxygen atoms in total. The van der Waals surface area contributed by atoms with E-state index in [-0.39, 0.29) is 0 Å². The number of H-pyrrole nitrogens is 1. The minimum Gasteiger partial charge on any atom is -0.490 e. The maximum absolute atomic E-state index is 5.77. The predicted molar refractivity (Wildman–Crippen MR) is 114 cm³/mol. The third-order valence-corrected chi connectivity index (χ3v) is 4.59. The van der Waals surface area contributed by atoms with E-state index in [1.54, 1.807) is 0 Å². The molecule has 0 saturated carbocycles. The highest BCUT2D eigenvalue weighted by Crippen LogP contribution is 2.32. The number of aliphatic imine (C=N–C) groups is 1. The van der Waals surface area contributed by atoms with Crippen LogP contribution >= 0.6 is 0 Å². The fourth-order valence-corrected chi connectivity index (χ4v) is 3.24. The lowest BCUT2D eigenvalue weighted by molar-refractivity contribution is 0.297. The van der Waals surface area contributed by atoms with Gasteiger partial charge >= 0.3 is 0 Å². The molecule has 6 heteroatoms. The Labute approximate surface area is 165 Å². The molecule has 0 spiro atoms. The van der Waals surface area contributed by atoms with Crippen LogP contribution in [0.3, 0.4) is 0 Å². The van der Waals surface area contributed by atoms with Crippen molar-refractivity contribution in [1.29, 1.82) is 0 Å². The Morgan fingerprint density at radius 2 is 1.93 bits per heavy atom. The Hall–Kier alpha value is -3.15. The summed E-state index contributed by atoms with van der Waals surface area (Å²) in [5, 5.41) is 7.88. The fraction of sp³-hybridized carbons (Fsp3) is 0.318. The number of hydrogen-bond acceptors (Lipinski definition) is 3. The fourth-order valence-electron chi connectivity index (χ4n) is 3.24. The highest BCUT2D eigenvalue weighted by atomic mass is 16.5. The zero-order valence-electron chi connectivity index (χ0n) is 16.1. The molecule has 2 heterocycles. The minimum atomic E-state index is 0.676. The van der Waals surface area contributed by atoms with E-state index >= 15 is 0 Å². The number of hydrogen-bond donors (Lipinski definition) is 3. The first kappa shape index (κ1) is 18.2. The van der Waals surface area contributed by atoms with Crippen molar-refractivity contribution < 1.29 is 9.47 Å². The van der Waals surface area contributed by atoms with Crippen LogP contribution in [0.1, 0.15) is 19.0 Å². The van der Waals surface area contributed by atoms with Gasteiger partial charge in [-0.1, -0.05) is 18.2 Å². The van der Waals surface area contributed by atoms with Gasteiger partial charge < -0.3 is 25.1 Å². The van der Waals surface area contributed by atoms with E-state index in [1.807, 2.05) is 24.3 Å². The molecule has 1 aliphatic heterocycles. The van der Waals surface area contributed by atoms with Gasteiger partial charge in [-0.3, -0.25) is 4.99 Å². The van der Waals surface area contributed by atoms with Crippen LogP contribution in [0.15, 0.2) is 53.5 Å². The number of rotatable bonds is 5. The van der Waals surface area contributed by atoms with E-state index in [9.17, 15) is 0 Å². The van der Waals surface area contributed by atoms with Crippen LogP contribution in [0.25, 0.3) is 10.9 Å². The molecule has 0 radical (unpaired) electrons. The largest absolute Gasteiger partial charge is 0.490 e. The molecule has 4 rings (SSSR count). The topological polar surface area (TPSA) is 70.7 Å². The molecule has 0 unspecified atom stereocenters. The first-order valence-corrected chi connectivity index (χ1v) is 9.83. The number of aromatic amines is 1. The van der Waals surface area contributed by atoms with Gasteiger partial charge in [-0.15, -0.1) is 0 Å². The summed E-state index contributed by atoms with van der Waals surface area (Å²) >= 11 is 0. The quantitative estimate of drug-likeness (QED) is 0.464. The summed E-state index contributed by atoms with van der Waals surface area (Å²) in [6, 6.07) is 16.4. The molecule has 0 atom stereocenters. The highest BCUT2D eigenvalue weighted by molar-refractivity contribution is 5.94. The van der Waals surface area contributed by atoms with E-state index in [0.717, 1.165) is 42.5 Å². The van der Waals surface area contributed by atoms with Crippen molar-refractivity contribution in [3.8, 4) is 11.5 Å². The second kappa shape index (κ2) is 8.69. The van der Waals surface area contributed by atoms with Crippen LogP contribution in [-0.2, 0) is 6.42 Å². The number of anilines is 1. The van der Waals surface area contributed by atoms with Crippen molar-refractivity contribution >= 4 is 22.5 Å². The van der Waals surface area contributed by atoms with Crippen LogP contribution in [0, 0.1) is 0 Å². The number of benzene rings is 2. The number of guanidine groups is 1. The zero-order chi connectivity index (χ0) is 19.2. The van der Waals surface area contributed by atoms with Gasteiger partial charge in [-0.2, -0.15) is 0 Å². The molecule has 1 aromatic heterocycles. The van der Waals surface area contributed by atoms with Crippen LogP contribution < -0.4 is 20.1 Å². The first-order chi connectivity index (χ1) is 13.8. The Balaban J connectivity index is 1.42. The third-order valence-electron chi connectivity index (χ3n) is 4.59. The lowest BCUT2D eigenvalue weighted by Gasteiger charge is -2.13. The summed E-state index contributed by atoms with van der Waals surface area (Å²) in [6.07, 6.45) is 1.75. The zero-order valence-corrected chi connectivity index (χ0v) is 16.1. The molecule has 0 fully saturated rings. The standard InChI is InChI=1S/C22H26N4O2/c1-2-23-22(24-11-10-18-14-16-6-3-4-7-19(16)25-18)26-17-8-9-20-21(15-17)28-13-5-12-27-20/h3-4,6-9,14-15,25H,2,5,10-13H2,1H3,(H2,23,24,26). The second-order valence-electron chi connectivity index (χ2n) is 6.73. The molecule has 2 aromatic carbocycles. The first-order valence-electron chi connectivity index (χ1n) is 9.83. The van der Waals surface area contributed by atoms with Gasteiger partial charge in [0.15, 0.2) is 17.5 Å². The summed E-state index contributed by atoms with van der Waals surface area (Å²) in [7, 11) is 0. The molecule has 3 N–H and O–H groups in total. The van der Waals surface area contributed by atoms with Crippen molar-refractivity contribution in [3.63, 3.8) is 0 Å². The number of nitrogens with zero attached hydrogens (tertiary/aromatic N) is 1.